The van der Waals surface area contributed by atoms with E-state index >= 15 is 0 Å². The van der Waals surface area contributed by atoms with E-state index in [-0.39, 0.29) is 12.1 Å². The summed E-state index contributed by atoms with van der Waals surface area (Å²) in [5.41, 5.74) is 2.03. The Morgan fingerprint density at radius 1 is 1.07 bits per heavy atom. The van der Waals surface area contributed by atoms with Gasteiger partial charge in [0, 0.05) is 34.7 Å². The van der Waals surface area contributed by atoms with Crippen molar-refractivity contribution in [3.8, 4) is 22.6 Å². The van der Waals surface area contributed by atoms with Crippen molar-refractivity contribution in [3.05, 3.63) is 76.4 Å². The molecule has 0 amide bonds. The molecule has 0 saturated heterocycles. The number of hydrogen-bond donors (Lipinski definition) is 2. The summed E-state index contributed by atoms with van der Waals surface area (Å²) in [6.45, 7) is -0.567. The molecule has 146 valence electrons. The smallest absolute Gasteiger partial charge is 0.261 e. The summed E-state index contributed by atoms with van der Waals surface area (Å²) in [6.07, 6.45) is 3.76. The molecule has 0 aliphatic carbocycles. The van der Waals surface area contributed by atoms with Gasteiger partial charge in [-0.2, -0.15) is 0 Å². The summed E-state index contributed by atoms with van der Waals surface area (Å²) in [5.74, 6) is 0.352. The Labute approximate surface area is 170 Å². The average Bonchev–Trinajstić information content (AvgIpc) is 2.76. The van der Waals surface area contributed by atoms with Crippen LogP contribution in [0.1, 0.15) is 0 Å². The zero-order valence-electron chi connectivity index (χ0n) is 15.2. The molecular weight excluding hydrogens is 392 g/mol. The highest BCUT2D eigenvalue weighted by Crippen LogP contribution is 2.26. The second kappa shape index (κ2) is 8.08. The highest BCUT2D eigenvalue weighted by Gasteiger charge is 2.18. The molecule has 7 nitrogen and oxygen atoms in total. The summed E-state index contributed by atoms with van der Waals surface area (Å²) in [5, 5.41) is 20.2. The second-order valence-corrected chi connectivity index (χ2v) is 6.93. The van der Waals surface area contributed by atoms with Crippen molar-refractivity contribution < 1.29 is 10.2 Å². The van der Waals surface area contributed by atoms with Crippen LogP contribution in [0.2, 0.25) is 5.02 Å². The lowest BCUT2D eigenvalue weighted by Crippen LogP contribution is -2.30. The van der Waals surface area contributed by atoms with Crippen LogP contribution < -0.4 is 5.56 Å². The maximum absolute atomic E-state index is 13.3. The van der Waals surface area contributed by atoms with E-state index in [0.29, 0.717) is 33.0 Å². The van der Waals surface area contributed by atoms with Crippen molar-refractivity contribution in [2.75, 3.05) is 6.61 Å². The van der Waals surface area contributed by atoms with E-state index in [1.807, 2.05) is 6.07 Å². The van der Waals surface area contributed by atoms with Crippen LogP contribution in [0, 0.1) is 0 Å². The lowest BCUT2D eigenvalue weighted by molar-refractivity contribution is 0.0807. The van der Waals surface area contributed by atoms with Crippen LogP contribution in [0.3, 0.4) is 0 Å². The molecule has 3 heterocycles. The van der Waals surface area contributed by atoms with Crippen LogP contribution in [-0.2, 0) is 6.54 Å². The van der Waals surface area contributed by atoms with Gasteiger partial charge in [0.2, 0.25) is 0 Å². The fourth-order valence-electron chi connectivity index (χ4n) is 3.12. The normalized spacial score (nSPS) is 12.2. The summed E-state index contributed by atoms with van der Waals surface area (Å²) in [7, 11) is 0. The number of aliphatic hydroxyl groups excluding tert-OH is 2. The number of pyridine rings is 2. The highest BCUT2D eigenvalue weighted by molar-refractivity contribution is 6.30. The molecule has 29 heavy (non-hydrogen) atoms. The minimum atomic E-state index is -1.10. The van der Waals surface area contributed by atoms with Gasteiger partial charge >= 0.3 is 0 Å². The molecular formula is C21H17ClN4O3. The molecule has 8 heteroatoms. The van der Waals surface area contributed by atoms with E-state index < -0.39 is 12.7 Å². The number of aliphatic hydroxyl groups is 2. The van der Waals surface area contributed by atoms with Crippen molar-refractivity contribution in [3.63, 3.8) is 0 Å². The van der Waals surface area contributed by atoms with Crippen molar-refractivity contribution in [1.29, 1.82) is 0 Å². The number of fused-ring (bicyclic) bond motifs is 1. The van der Waals surface area contributed by atoms with Gasteiger partial charge in [0.05, 0.1) is 30.3 Å². The Morgan fingerprint density at radius 3 is 2.55 bits per heavy atom. The first-order valence-corrected chi connectivity index (χ1v) is 9.31. The zero-order valence-corrected chi connectivity index (χ0v) is 16.0. The predicted octanol–water partition coefficient (Wildman–Crippen LogP) is 2.53. The minimum Gasteiger partial charge on any atom is -0.394 e. The predicted molar refractivity (Wildman–Crippen MR) is 111 cm³/mol. The minimum absolute atomic E-state index is 0.0964. The lowest BCUT2D eigenvalue weighted by atomic mass is 10.1. The van der Waals surface area contributed by atoms with Gasteiger partial charge in [-0.25, -0.2) is 4.98 Å². The van der Waals surface area contributed by atoms with E-state index in [1.165, 1.54) is 4.57 Å². The van der Waals surface area contributed by atoms with Crippen LogP contribution in [0.5, 0.6) is 0 Å². The molecule has 0 aliphatic rings. The van der Waals surface area contributed by atoms with Gasteiger partial charge in [0.1, 0.15) is 11.3 Å². The van der Waals surface area contributed by atoms with Crippen LogP contribution in [0.4, 0.5) is 0 Å². The third-order valence-corrected chi connectivity index (χ3v) is 4.77. The quantitative estimate of drug-likeness (QED) is 0.526. The zero-order chi connectivity index (χ0) is 20.4. The van der Waals surface area contributed by atoms with Crippen molar-refractivity contribution in [2.45, 2.75) is 12.6 Å². The summed E-state index contributed by atoms with van der Waals surface area (Å²) in [6, 6.07) is 12.1. The molecule has 0 spiro atoms. The average molecular weight is 409 g/mol. The first kappa shape index (κ1) is 19.2. The van der Waals surface area contributed by atoms with Gasteiger partial charge in [-0.15, -0.1) is 0 Å². The molecule has 1 atom stereocenters. The molecule has 0 fully saturated rings. The van der Waals surface area contributed by atoms with Gasteiger partial charge in [-0.3, -0.25) is 19.3 Å². The second-order valence-electron chi connectivity index (χ2n) is 6.49. The van der Waals surface area contributed by atoms with E-state index in [2.05, 4.69) is 9.97 Å². The van der Waals surface area contributed by atoms with Gasteiger partial charge in [-0.1, -0.05) is 11.6 Å². The van der Waals surface area contributed by atoms with Gasteiger partial charge in [0.15, 0.2) is 0 Å². The number of nitrogens with zero attached hydrogens (tertiary/aromatic N) is 4. The number of aromatic nitrogens is 4. The van der Waals surface area contributed by atoms with Crippen LogP contribution in [0.25, 0.3) is 33.5 Å². The fourth-order valence-corrected chi connectivity index (χ4v) is 3.24. The molecule has 0 bridgehead atoms. The number of hydrogen-bond acceptors (Lipinski definition) is 6. The Bertz CT molecular complexity index is 1210. The number of benzene rings is 1. The number of halogens is 1. The van der Waals surface area contributed by atoms with Crippen molar-refractivity contribution >= 4 is 22.5 Å². The summed E-state index contributed by atoms with van der Waals surface area (Å²) in [4.78, 5) is 26.6. The molecule has 0 aliphatic heterocycles. The van der Waals surface area contributed by atoms with E-state index in [1.54, 1.807) is 55.0 Å². The first-order valence-electron chi connectivity index (χ1n) is 8.93. The SMILES string of the molecule is O=c1c2ccnc(-c3cccnc3)c2nc(-c2ccc(Cl)cc2)n1CC(O)CO. The van der Waals surface area contributed by atoms with Gasteiger partial charge < -0.3 is 10.2 Å². The van der Waals surface area contributed by atoms with Crippen molar-refractivity contribution in [1.82, 2.24) is 19.5 Å². The van der Waals surface area contributed by atoms with Gasteiger partial charge in [0.25, 0.3) is 5.56 Å². The molecule has 0 radical (unpaired) electrons. The third kappa shape index (κ3) is 3.75. The lowest BCUT2D eigenvalue weighted by Gasteiger charge is -2.17. The Morgan fingerprint density at radius 2 is 1.86 bits per heavy atom. The Balaban J connectivity index is 2.03. The van der Waals surface area contributed by atoms with E-state index in [9.17, 15) is 15.0 Å². The van der Waals surface area contributed by atoms with Crippen LogP contribution in [0.15, 0.2) is 65.8 Å². The molecule has 0 saturated carbocycles. The molecule has 4 aromatic rings. The van der Waals surface area contributed by atoms with E-state index in [0.717, 1.165) is 5.56 Å². The highest BCUT2D eigenvalue weighted by atomic mass is 35.5. The fraction of sp³-hybridized carbons (Fsp3) is 0.143. The Hall–Kier alpha value is -3.13. The molecule has 1 unspecified atom stereocenters. The first-order chi connectivity index (χ1) is 14.1. The molecule has 4 rings (SSSR count). The summed E-state index contributed by atoms with van der Waals surface area (Å²) >= 11 is 6.00. The Kier molecular flexibility index (Phi) is 5.35. The standard InChI is InChI=1S/C21H17ClN4O3/c22-15-5-3-13(4-6-15)20-25-19-17(21(29)26(20)11-16(28)12-27)7-9-24-18(19)14-2-1-8-23-10-14/h1-10,16,27-28H,11-12H2. The molecule has 1 aromatic carbocycles. The molecule has 3 aromatic heterocycles. The van der Waals surface area contributed by atoms with Gasteiger partial charge in [-0.05, 0) is 42.5 Å². The van der Waals surface area contributed by atoms with E-state index in [4.69, 9.17) is 16.6 Å². The molecule has 2 N–H and O–H groups in total. The van der Waals surface area contributed by atoms with Crippen molar-refractivity contribution in [2.24, 2.45) is 0 Å². The van der Waals surface area contributed by atoms with Crippen LogP contribution in [-0.4, -0.2) is 42.4 Å². The monoisotopic (exact) mass is 408 g/mol. The topological polar surface area (TPSA) is 101 Å². The third-order valence-electron chi connectivity index (χ3n) is 4.51. The largest absolute Gasteiger partial charge is 0.394 e. The maximum atomic E-state index is 13.3. The maximum Gasteiger partial charge on any atom is 0.261 e. The number of rotatable bonds is 5. The summed E-state index contributed by atoms with van der Waals surface area (Å²) < 4.78 is 1.36. The van der Waals surface area contributed by atoms with Crippen LogP contribution >= 0.6 is 11.6 Å².